The van der Waals surface area contributed by atoms with Crippen LogP contribution in [0.4, 0.5) is 0 Å². The van der Waals surface area contributed by atoms with Gasteiger partial charge >= 0.3 is 0 Å². The van der Waals surface area contributed by atoms with Gasteiger partial charge in [-0.05, 0) is 37.5 Å². The molecule has 6 nitrogen and oxygen atoms in total. The number of hydrogen-bond acceptors (Lipinski definition) is 5. The minimum absolute atomic E-state index is 0.159. The number of nitrogens with one attached hydrogen (secondary N) is 1. The highest BCUT2D eigenvalue weighted by atomic mass is 32.2. The van der Waals surface area contributed by atoms with Gasteiger partial charge in [0, 0.05) is 13.1 Å². The second kappa shape index (κ2) is 8.95. The zero-order valence-corrected chi connectivity index (χ0v) is 16.2. The smallest absolute Gasteiger partial charge is 0.243 e. The molecule has 0 amide bonds. The van der Waals surface area contributed by atoms with Crippen LogP contribution in [-0.4, -0.2) is 43.1 Å². The van der Waals surface area contributed by atoms with Gasteiger partial charge in [0.05, 0.1) is 23.6 Å². The summed E-state index contributed by atoms with van der Waals surface area (Å²) in [4.78, 5) is 5.81. The van der Waals surface area contributed by atoms with Crippen molar-refractivity contribution >= 4 is 10.0 Å². The fraction of sp³-hybridized carbons (Fsp3) is 0.400. The first-order valence-corrected chi connectivity index (χ1v) is 10.6. The highest BCUT2D eigenvalue weighted by Crippen LogP contribution is 2.21. The summed E-state index contributed by atoms with van der Waals surface area (Å²) < 4.78 is 27.4. The lowest BCUT2D eigenvalue weighted by Gasteiger charge is -2.26. The van der Waals surface area contributed by atoms with Crippen molar-refractivity contribution in [1.82, 2.24) is 9.79 Å². The normalized spacial score (nSPS) is 21.7. The number of aliphatic hydroxyl groups is 1. The summed E-state index contributed by atoms with van der Waals surface area (Å²) in [5.74, 6) is 0. The molecule has 2 aromatic carbocycles. The first-order valence-electron chi connectivity index (χ1n) is 9.13. The predicted octanol–water partition coefficient (Wildman–Crippen LogP) is 2.23. The van der Waals surface area contributed by atoms with Gasteiger partial charge in [-0.25, -0.2) is 8.42 Å². The number of aliphatic hydroxyl groups excluding tert-OH is 1. The molecule has 0 spiro atoms. The molecule has 7 heteroatoms. The molecule has 0 saturated carbocycles. The zero-order chi connectivity index (χ0) is 19.3. The Bertz CT molecular complexity index is 825. The van der Waals surface area contributed by atoms with E-state index in [9.17, 15) is 13.5 Å². The third-order valence-electron chi connectivity index (χ3n) is 4.75. The average molecular weight is 391 g/mol. The number of aryl methyl sites for hydroxylation is 1. The standard InChI is InChI=1S/C20H26N2O4S/c1-16-9-11-18(12-10-16)27(24,25)22-13-5-8-20(23)19(14-22)21-26-15-17-6-3-2-4-7-17/h2-4,6-7,9-12,19-21,23H,5,8,13-15H2,1H3/t19-,20-/m1/s1. The molecule has 0 bridgehead atoms. The van der Waals surface area contributed by atoms with E-state index >= 15 is 0 Å². The van der Waals surface area contributed by atoms with Crippen LogP contribution in [0.1, 0.15) is 24.0 Å². The lowest BCUT2D eigenvalue weighted by molar-refractivity contribution is -0.0334. The van der Waals surface area contributed by atoms with Gasteiger partial charge in [-0.3, -0.25) is 4.84 Å². The molecule has 2 atom stereocenters. The molecule has 1 aliphatic heterocycles. The maximum absolute atomic E-state index is 13.0. The summed E-state index contributed by atoms with van der Waals surface area (Å²) in [6.45, 7) is 2.80. The minimum atomic E-state index is -3.61. The summed E-state index contributed by atoms with van der Waals surface area (Å²) in [5.41, 5.74) is 4.87. The van der Waals surface area contributed by atoms with Crippen molar-refractivity contribution in [2.45, 2.75) is 43.4 Å². The Kier molecular flexibility index (Phi) is 6.62. The molecule has 0 unspecified atom stereocenters. The Morgan fingerprint density at radius 3 is 2.56 bits per heavy atom. The Labute approximate surface area is 160 Å². The van der Waals surface area contributed by atoms with E-state index < -0.39 is 22.2 Å². The highest BCUT2D eigenvalue weighted by molar-refractivity contribution is 7.89. The molecule has 27 heavy (non-hydrogen) atoms. The van der Waals surface area contributed by atoms with E-state index in [2.05, 4.69) is 5.48 Å². The van der Waals surface area contributed by atoms with Gasteiger partial charge in [-0.2, -0.15) is 9.79 Å². The summed E-state index contributed by atoms with van der Waals surface area (Å²) >= 11 is 0. The predicted molar refractivity (Wildman–Crippen MR) is 103 cm³/mol. The van der Waals surface area contributed by atoms with Crippen LogP contribution in [0.2, 0.25) is 0 Å². The third kappa shape index (κ3) is 5.15. The monoisotopic (exact) mass is 390 g/mol. The first-order chi connectivity index (χ1) is 13.0. The van der Waals surface area contributed by atoms with Crippen LogP contribution in [0.15, 0.2) is 59.5 Å². The fourth-order valence-electron chi connectivity index (χ4n) is 3.11. The van der Waals surface area contributed by atoms with Crippen LogP contribution in [0.25, 0.3) is 0 Å². The van der Waals surface area contributed by atoms with Crippen LogP contribution in [0, 0.1) is 6.92 Å². The molecule has 1 heterocycles. The number of hydroxylamine groups is 1. The van der Waals surface area contributed by atoms with Gasteiger partial charge in [0.25, 0.3) is 0 Å². The van der Waals surface area contributed by atoms with Crippen LogP contribution < -0.4 is 5.48 Å². The molecule has 146 valence electrons. The van der Waals surface area contributed by atoms with E-state index in [1.54, 1.807) is 24.3 Å². The van der Waals surface area contributed by atoms with Gasteiger partial charge < -0.3 is 5.11 Å². The SMILES string of the molecule is Cc1ccc(S(=O)(=O)N2CCC[C@@H](O)[C@H](NOCc3ccccc3)C2)cc1. The van der Waals surface area contributed by atoms with Crippen LogP contribution >= 0.6 is 0 Å². The lowest BCUT2D eigenvalue weighted by atomic mass is 10.1. The number of benzene rings is 2. The quantitative estimate of drug-likeness (QED) is 0.740. The van der Waals surface area contributed by atoms with E-state index in [0.29, 0.717) is 26.0 Å². The van der Waals surface area contributed by atoms with Gasteiger partial charge in [0.15, 0.2) is 0 Å². The molecular weight excluding hydrogens is 364 g/mol. The molecular formula is C20H26N2O4S. The van der Waals surface area contributed by atoms with Crippen molar-refractivity contribution in [3.63, 3.8) is 0 Å². The summed E-state index contributed by atoms with van der Waals surface area (Å²) in [5, 5.41) is 10.4. The van der Waals surface area contributed by atoms with Crippen molar-refractivity contribution in [3.8, 4) is 0 Å². The Hall–Kier alpha value is -1.77. The zero-order valence-electron chi connectivity index (χ0n) is 15.4. The topological polar surface area (TPSA) is 78.9 Å². The van der Waals surface area contributed by atoms with Gasteiger partial charge in [0.2, 0.25) is 10.0 Å². The van der Waals surface area contributed by atoms with Crippen molar-refractivity contribution in [1.29, 1.82) is 0 Å². The van der Waals surface area contributed by atoms with Gasteiger partial charge in [0.1, 0.15) is 0 Å². The number of nitrogens with zero attached hydrogens (tertiary/aromatic N) is 1. The molecule has 0 aromatic heterocycles. The summed E-state index contributed by atoms with van der Waals surface area (Å²) in [6, 6.07) is 16.0. The molecule has 0 aliphatic carbocycles. The van der Waals surface area contributed by atoms with E-state index in [0.717, 1.165) is 11.1 Å². The van der Waals surface area contributed by atoms with Crippen molar-refractivity contribution in [3.05, 3.63) is 65.7 Å². The van der Waals surface area contributed by atoms with E-state index in [1.807, 2.05) is 37.3 Å². The van der Waals surface area contributed by atoms with E-state index in [1.165, 1.54) is 4.31 Å². The summed E-state index contributed by atoms with van der Waals surface area (Å²) in [6.07, 6.45) is 0.453. The second-order valence-electron chi connectivity index (χ2n) is 6.88. The molecule has 2 N–H and O–H groups in total. The van der Waals surface area contributed by atoms with Crippen LogP contribution in [-0.2, 0) is 21.5 Å². The number of hydrogen-bond donors (Lipinski definition) is 2. The first kappa shape index (κ1) is 20.0. The van der Waals surface area contributed by atoms with Crippen LogP contribution in [0.3, 0.4) is 0 Å². The van der Waals surface area contributed by atoms with Crippen molar-refractivity contribution < 1.29 is 18.4 Å². The maximum atomic E-state index is 13.0. The number of sulfonamides is 1. The largest absolute Gasteiger partial charge is 0.391 e. The highest BCUT2D eigenvalue weighted by Gasteiger charge is 2.32. The molecule has 1 aliphatic rings. The molecule has 1 saturated heterocycles. The van der Waals surface area contributed by atoms with Crippen molar-refractivity contribution in [2.75, 3.05) is 13.1 Å². The van der Waals surface area contributed by atoms with Crippen molar-refractivity contribution in [2.24, 2.45) is 0 Å². The minimum Gasteiger partial charge on any atom is -0.391 e. The summed E-state index contributed by atoms with van der Waals surface area (Å²) in [7, 11) is -3.61. The molecule has 0 radical (unpaired) electrons. The Morgan fingerprint density at radius 2 is 1.85 bits per heavy atom. The Balaban J connectivity index is 1.67. The van der Waals surface area contributed by atoms with Crippen LogP contribution in [0.5, 0.6) is 0 Å². The fourth-order valence-corrected chi connectivity index (χ4v) is 4.61. The van der Waals surface area contributed by atoms with Gasteiger partial charge in [-0.1, -0.05) is 48.0 Å². The third-order valence-corrected chi connectivity index (χ3v) is 6.63. The lowest BCUT2D eigenvalue weighted by Crippen LogP contribution is -2.47. The van der Waals surface area contributed by atoms with E-state index in [-0.39, 0.29) is 11.4 Å². The molecule has 2 aromatic rings. The maximum Gasteiger partial charge on any atom is 0.243 e. The van der Waals surface area contributed by atoms with Gasteiger partial charge in [-0.15, -0.1) is 0 Å². The average Bonchev–Trinajstić information content (AvgIpc) is 2.85. The molecule has 1 fully saturated rings. The number of rotatable bonds is 6. The Morgan fingerprint density at radius 1 is 1.15 bits per heavy atom. The molecule has 3 rings (SSSR count). The second-order valence-corrected chi connectivity index (χ2v) is 8.82. The van der Waals surface area contributed by atoms with E-state index in [4.69, 9.17) is 4.84 Å².